The van der Waals surface area contributed by atoms with Crippen LogP contribution in [0, 0.1) is 18.3 Å². The Hall–Kier alpha value is -4.66. The maximum atomic E-state index is 14.4. The minimum absolute atomic E-state index is 0.0822. The maximum Gasteiger partial charge on any atom is 0.281 e. The van der Waals surface area contributed by atoms with Crippen molar-refractivity contribution in [2.75, 3.05) is 55.6 Å². The van der Waals surface area contributed by atoms with Crippen molar-refractivity contribution in [2.24, 2.45) is 0 Å². The van der Waals surface area contributed by atoms with Crippen LogP contribution in [-0.2, 0) is 15.6 Å². The van der Waals surface area contributed by atoms with Gasteiger partial charge < -0.3 is 14.4 Å². The van der Waals surface area contributed by atoms with Crippen molar-refractivity contribution >= 4 is 21.4 Å². The number of benzene rings is 2. The summed E-state index contributed by atoms with van der Waals surface area (Å²) < 4.78 is 41.6. The minimum Gasteiger partial charge on any atom is -0.495 e. The van der Waals surface area contributed by atoms with Gasteiger partial charge in [-0.25, -0.2) is 4.98 Å². The molecule has 2 aromatic carbocycles. The van der Waals surface area contributed by atoms with Gasteiger partial charge in [-0.05, 0) is 62.4 Å². The number of aryl methyl sites for hydroxylation is 1. The summed E-state index contributed by atoms with van der Waals surface area (Å²) >= 11 is 0. The molecular weight excluding hydrogens is 576 g/mol. The predicted molar refractivity (Wildman–Crippen MR) is 168 cm³/mol. The summed E-state index contributed by atoms with van der Waals surface area (Å²) in [5, 5.41) is 9.88. The van der Waals surface area contributed by atoms with E-state index >= 15 is 0 Å². The standard InChI is InChI=1S/C33H34N6O4S/c1-4-43-31-9-5-24(2)19-29(31)33(38-17-15-37(16-18-38)26-11-13-35-14-12-26)23-39(30-8-6-25(21-34)20-28(30)33)44(40,41)32-10-7-27(42-3)22-36-32/h5-14,19-20,22H,4,15-18,23H2,1-3H3. The molecule has 0 N–H and O–H groups in total. The van der Waals surface area contributed by atoms with E-state index in [1.54, 1.807) is 30.6 Å². The van der Waals surface area contributed by atoms with Crippen LogP contribution < -0.4 is 18.7 Å². The van der Waals surface area contributed by atoms with E-state index in [2.05, 4.69) is 31.9 Å². The van der Waals surface area contributed by atoms with Crippen LogP contribution in [-0.4, -0.2) is 69.7 Å². The molecule has 0 aliphatic carbocycles. The number of hydrogen-bond acceptors (Lipinski definition) is 9. The van der Waals surface area contributed by atoms with Gasteiger partial charge in [0.1, 0.15) is 11.5 Å². The molecule has 0 bridgehead atoms. The zero-order chi connectivity index (χ0) is 30.9. The lowest BCUT2D eigenvalue weighted by Crippen LogP contribution is -2.58. The van der Waals surface area contributed by atoms with E-state index in [1.165, 1.54) is 23.7 Å². The number of fused-ring (bicyclic) bond motifs is 1. The molecule has 4 aromatic rings. The van der Waals surface area contributed by atoms with Crippen LogP contribution >= 0.6 is 0 Å². The van der Waals surface area contributed by atoms with Crippen molar-refractivity contribution in [2.45, 2.75) is 24.4 Å². The number of piperazine rings is 1. The van der Waals surface area contributed by atoms with Crippen molar-refractivity contribution in [3.8, 4) is 17.6 Å². The first-order valence-electron chi connectivity index (χ1n) is 14.5. The van der Waals surface area contributed by atoms with Gasteiger partial charge in [0.05, 0.1) is 49.3 Å². The lowest BCUT2D eigenvalue weighted by atomic mass is 9.80. The Kier molecular flexibility index (Phi) is 7.88. The highest BCUT2D eigenvalue weighted by Gasteiger charge is 2.53. The van der Waals surface area contributed by atoms with Crippen LogP contribution in [0.15, 0.2) is 84.3 Å². The second kappa shape index (κ2) is 11.8. The van der Waals surface area contributed by atoms with E-state index in [9.17, 15) is 13.7 Å². The molecule has 1 fully saturated rings. The van der Waals surface area contributed by atoms with Crippen molar-refractivity contribution < 1.29 is 17.9 Å². The second-order valence-electron chi connectivity index (χ2n) is 10.9. The summed E-state index contributed by atoms with van der Waals surface area (Å²) in [5.74, 6) is 1.15. The van der Waals surface area contributed by atoms with Crippen molar-refractivity contribution in [3.63, 3.8) is 0 Å². The Balaban J connectivity index is 1.53. The van der Waals surface area contributed by atoms with E-state index in [1.807, 2.05) is 44.2 Å². The largest absolute Gasteiger partial charge is 0.495 e. The normalized spacial score (nSPS) is 18.5. The monoisotopic (exact) mass is 610 g/mol. The number of anilines is 2. The molecule has 0 amide bonds. The fraction of sp³-hybridized carbons (Fsp3) is 0.303. The molecule has 0 radical (unpaired) electrons. The van der Waals surface area contributed by atoms with Crippen LogP contribution in [0.1, 0.15) is 29.2 Å². The molecule has 2 aromatic heterocycles. The summed E-state index contributed by atoms with van der Waals surface area (Å²) in [6.45, 7) is 7.23. The quantitative estimate of drug-likeness (QED) is 0.288. The highest BCUT2D eigenvalue weighted by molar-refractivity contribution is 7.92. The van der Waals surface area contributed by atoms with E-state index in [4.69, 9.17) is 9.47 Å². The zero-order valence-corrected chi connectivity index (χ0v) is 25.8. The number of nitriles is 1. The van der Waals surface area contributed by atoms with Crippen molar-refractivity contribution in [1.82, 2.24) is 14.9 Å². The Morgan fingerprint density at radius 3 is 2.41 bits per heavy atom. The third-order valence-electron chi connectivity index (χ3n) is 8.44. The first kappa shape index (κ1) is 29.4. The van der Waals surface area contributed by atoms with Crippen LogP contribution in [0.25, 0.3) is 0 Å². The number of methoxy groups -OCH3 is 1. The molecule has 10 nitrogen and oxygen atoms in total. The van der Waals surface area contributed by atoms with Gasteiger partial charge in [0.15, 0.2) is 5.03 Å². The Bertz CT molecular complexity index is 1800. The molecule has 1 saturated heterocycles. The van der Waals surface area contributed by atoms with Crippen molar-refractivity contribution in [1.29, 1.82) is 5.26 Å². The molecule has 44 heavy (non-hydrogen) atoms. The number of sulfonamides is 1. The summed E-state index contributed by atoms with van der Waals surface area (Å²) in [6.07, 6.45) is 4.98. The highest BCUT2D eigenvalue weighted by atomic mass is 32.2. The average molecular weight is 611 g/mol. The van der Waals surface area contributed by atoms with E-state index in [0.717, 1.165) is 35.5 Å². The Labute approximate surface area is 258 Å². The van der Waals surface area contributed by atoms with Gasteiger partial charge in [-0.3, -0.25) is 14.2 Å². The Morgan fingerprint density at radius 1 is 0.977 bits per heavy atom. The smallest absolute Gasteiger partial charge is 0.281 e. The van der Waals surface area contributed by atoms with Gasteiger partial charge in [-0.15, -0.1) is 0 Å². The number of nitrogens with zero attached hydrogens (tertiary/aromatic N) is 6. The molecule has 1 atom stereocenters. The SMILES string of the molecule is CCOc1ccc(C)cc1C1(N2CCN(c3ccncc3)CC2)CN(S(=O)(=O)c2ccc(OC)cn2)c2ccc(C#N)cc21. The lowest BCUT2D eigenvalue weighted by Gasteiger charge is -2.47. The van der Waals surface area contributed by atoms with Gasteiger partial charge in [0, 0.05) is 55.4 Å². The summed E-state index contributed by atoms with van der Waals surface area (Å²) in [4.78, 5) is 13.1. The van der Waals surface area contributed by atoms with Crippen LogP contribution in [0.5, 0.6) is 11.5 Å². The van der Waals surface area contributed by atoms with Gasteiger partial charge in [0.2, 0.25) is 0 Å². The fourth-order valence-corrected chi connectivity index (χ4v) is 7.75. The molecule has 226 valence electrons. The van der Waals surface area contributed by atoms with Crippen LogP contribution in [0.2, 0.25) is 0 Å². The fourth-order valence-electron chi connectivity index (χ4n) is 6.32. The van der Waals surface area contributed by atoms with Gasteiger partial charge in [0.25, 0.3) is 10.0 Å². The molecule has 0 saturated carbocycles. The van der Waals surface area contributed by atoms with Gasteiger partial charge in [-0.2, -0.15) is 13.7 Å². The average Bonchev–Trinajstić information content (AvgIpc) is 3.42. The summed E-state index contributed by atoms with van der Waals surface area (Å²) in [7, 11) is -2.60. The van der Waals surface area contributed by atoms with E-state index < -0.39 is 15.6 Å². The molecule has 2 aliphatic heterocycles. The zero-order valence-electron chi connectivity index (χ0n) is 25.0. The number of aromatic nitrogens is 2. The number of rotatable bonds is 8. The third kappa shape index (κ3) is 5.00. The summed E-state index contributed by atoms with van der Waals surface area (Å²) in [5.41, 5.74) is 3.76. The van der Waals surface area contributed by atoms with E-state index in [-0.39, 0.29) is 11.6 Å². The number of hydrogen-bond donors (Lipinski definition) is 0. The topological polar surface area (TPSA) is 112 Å². The lowest BCUT2D eigenvalue weighted by molar-refractivity contribution is 0.124. The number of pyridine rings is 2. The summed E-state index contributed by atoms with van der Waals surface area (Å²) in [6, 6.07) is 20.6. The molecule has 0 spiro atoms. The first-order chi connectivity index (χ1) is 21.3. The second-order valence-corrected chi connectivity index (χ2v) is 12.7. The molecule has 4 heterocycles. The van der Waals surface area contributed by atoms with E-state index in [0.29, 0.717) is 42.4 Å². The number of ether oxygens (including phenoxy) is 2. The molecule has 1 unspecified atom stereocenters. The molecule has 6 rings (SSSR count). The minimum atomic E-state index is -4.10. The predicted octanol–water partition coefficient (Wildman–Crippen LogP) is 4.34. The van der Waals surface area contributed by atoms with Crippen LogP contribution in [0.4, 0.5) is 11.4 Å². The van der Waals surface area contributed by atoms with Gasteiger partial charge >= 0.3 is 0 Å². The molecule has 11 heteroatoms. The van der Waals surface area contributed by atoms with Crippen LogP contribution in [0.3, 0.4) is 0 Å². The molecular formula is C33H34N6O4S. The Morgan fingerprint density at radius 2 is 1.75 bits per heavy atom. The van der Waals surface area contributed by atoms with Crippen molar-refractivity contribution in [3.05, 3.63) is 102 Å². The van der Waals surface area contributed by atoms with Gasteiger partial charge in [-0.1, -0.05) is 17.7 Å². The molecule has 2 aliphatic rings. The third-order valence-corrected chi connectivity index (χ3v) is 10.1. The highest BCUT2D eigenvalue weighted by Crippen LogP contribution is 2.52. The maximum absolute atomic E-state index is 14.4. The first-order valence-corrected chi connectivity index (χ1v) is 16.0.